The summed E-state index contributed by atoms with van der Waals surface area (Å²) in [5, 5.41) is 6.57. The maximum Gasteiger partial charge on any atom is 0.251 e. The predicted octanol–water partition coefficient (Wildman–Crippen LogP) is 4.27. The van der Waals surface area contributed by atoms with Gasteiger partial charge in [0, 0.05) is 28.3 Å². The van der Waals surface area contributed by atoms with E-state index in [2.05, 4.69) is 54.0 Å². The summed E-state index contributed by atoms with van der Waals surface area (Å²) in [5.41, 5.74) is 1.98. The average Bonchev–Trinajstić information content (AvgIpc) is 2.61. The largest absolute Gasteiger partial charge is 0.349 e. The number of hydrogen-bond donors (Lipinski definition) is 2. The standard InChI is InChI=1S/C20H24N2OS.ClH/c1-15-13-18(11-12-21-15)22-20(23)17-9-7-16(8-10-17)14-24-19-5-3-2-4-6-19;/h2-10,15,18,21H,11-14H2,1H3,(H,22,23);1H. The van der Waals surface area contributed by atoms with Gasteiger partial charge in [-0.2, -0.15) is 0 Å². The minimum absolute atomic E-state index is 0. The van der Waals surface area contributed by atoms with Gasteiger partial charge >= 0.3 is 0 Å². The Labute approximate surface area is 160 Å². The molecule has 1 amide bonds. The molecule has 0 bridgehead atoms. The van der Waals surface area contributed by atoms with Gasteiger partial charge in [0.05, 0.1) is 0 Å². The van der Waals surface area contributed by atoms with Gasteiger partial charge < -0.3 is 10.6 Å². The molecule has 0 aliphatic carbocycles. The molecule has 25 heavy (non-hydrogen) atoms. The highest BCUT2D eigenvalue weighted by molar-refractivity contribution is 7.98. The molecule has 0 radical (unpaired) electrons. The average molecular weight is 377 g/mol. The van der Waals surface area contributed by atoms with Gasteiger partial charge in [0.15, 0.2) is 0 Å². The molecular formula is C20H25ClN2OS. The highest BCUT2D eigenvalue weighted by atomic mass is 35.5. The Morgan fingerprint density at radius 2 is 1.88 bits per heavy atom. The fraction of sp³-hybridized carbons (Fsp3) is 0.350. The van der Waals surface area contributed by atoms with Gasteiger partial charge in [0.2, 0.25) is 0 Å². The Morgan fingerprint density at radius 3 is 2.56 bits per heavy atom. The predicted molar refractivity (Wildman–Crippen MR) is 108 cm³/mol. The SMILES string of the molecule is CC1CC(NC(=O)c2ccc(CSc3ccccc3)cc2)CCN1.Cl. The summed E-state index contributed by atoms with van der Waals surface area (Å²) in [6.45, 7) is 3.14. The van der Waals surface area contributed by atoms with Crippen molar-refractivity contribution in [2.75, 3.05) is 6.54 Å². The Hall–Kier alpha value is -1.49. The number of amides is 1. The first-order valence-corrected chi connectivity index (χ1v) is 9.50. The second-order valence-corrected chi connectivity index (χ2v) is 7.40. The van der Waals surface area contributed by atoms with Gasteiger partial charge in [0.1, 0.15) is 0 Å². The van der Waals surface area contributed by atoms with Crippen molar-refractivity contribution in [1.82, 2.24) is 10.6 Å². The third kappa shape index (κ3) is 6.07. The van der Waals surface area contributed by atoms with Gasteiger partial charge in [-0.25, -0.2) is 0 Å². The van der Waals surface area contributed by atoms with E-state index in [9.17, 15) is 4.79 Å². The number of halogens is 1. The van der Waals surface area contributed by atoms with Crippen LogP contribution in [0, 0.1) is 0 Å². The third-order valence-corrected chi connectivity index (χ3v) is 5.41. The number of carbonyl (C=O) groups excluding carboxylic acids is 1. The molecule has 134 valence electrons. The normalized spacial score (nSPS) is 19.7. The highest BCUT2D eigenvalue weighted by Gasteiger charge is 2.20. The van der Waals surface area contributed by atoms with Crippen molar-refractivity contribution in [1.29, 1.82) is 0 Å². The summed E-state index contributed by atoms with van der Waals surface area (Å²) in [6.07, 6.45) is 2.00. The Kier molecular flexibility index (Phi) is 7.82. The van der Waals surface area contributed by atoms with Crippen molar-refractivity contribution in [3.05, 3.63) is 65.7 Å². The van der Waals surface area contributed by atoms with Crippen LogP contribution >= 0.6 is 24.2 Å². The van der Waals surface area contributed by atoms with E-state index < -0.39 is 0 Å². The molecule has 3 rings (SSSR count). The third-order valence-electron chi connectivity index (χ3n) is 4.32. The molecule has 2 unspecified atom stereocenters. The lowest BCUT2D eigenvalue weighted by Crippen LogP contribution is -2.46. The minimum atomic E-state index is 0. The van der Waals surface area contributed by atoms with Crippen molar-refractivity contribution >= 4 is 30.1 Å². The summed E-state index contributed by atoms with van der Waals surface area (Å²) in [7, 11) is 0. The zero-order chi connectivity index (χ0) is 16.8. The maximum atomic E-state index is 12.4. The van der Waals surface area contributed by atoms with Gasteiger partial charge in [-0.15, -0.1) is 24.2 Å². The number of benzene rings is 2. The fourth-order valence-corrected chi connectivity index (χ4v) is 3.84. The van der Waals surface area contributed by atoms with E-state index in [4.69, 9.17) is 0 Å². The van der Waals surface area contributed by atoms with E-state index in [1.165, 1.54) is 10.5 Å². The quantitative estimate of drug-likeness (QED) is 0.765. The second kappa shape index (κ2) is 9.85. The van der Waals surface area contributed by atoms with Crippen molar-refractivity contribution in [2.24, 2.45) is 0 Å². The number of hydrogen-bond acceptors (Lipinski definition) is 3. The van der Waals surface area contributed by atoms with E-state index >= 15 is 0 Å². The molecule has 5 heteroatoms. The molecule has 0 spiro atoms. The molecule has 2 aromatic rings. The number of rotatable bonds is 5. The van der Waals surface area contributed by atoms with E-state index in [-0.39, 0.29) is 24.4 Å². The molecule has 1 aliphatic heterocycles. The molecule has 1 aliphatic rings. The maximum absolute atomic E-state index is 12.4. The van der Waals surface area contributed by atoms with Crippen LogP contribution < -0.4 is 10.6 Å². The van der Waals surface area contributed by atoms with E-state index in [0.717, 1.165) is 30.7 Å². The molecule has 1 fully saturated rings. The van der Waals surface area contributed by atoms with Crippen LogP contribution in [0.5, 0.6) is 0 Å². The first kappa shape index (κ1) is 19.8. The summed E-state index contributed by atoms with van der Waals surface area (Å²) in [6, 6.07) is 19.1. The van der Waals surface area contributed by atoms with Crippen molar-refractivity contribution in [3.8, 4) is 0 Å². The molecule has 3 nitrogen and oxygen atoms in total. The summed E-state index contributed by atoms with van der Waals surface area (Å²) in [4.78, 5) is 13.6. The highest BCUT2D eigenvalue weighted by Crippen LogP contribution is 2.22. The number of nitrogens with one attached hydrogen (secondary N) is 2. The lowest BCUT2D eigenvalue weighted by atomic mass is 10.00. The Bertz CT molecular complexity index is 663. The minimum Gasteiger partial charge on any atom is -0.349 e. The van der Waals surface area contributed by atoms with Gasteiger partial charge in [-0.05, 0) is 56.1 Å². The summed E-state index contributed by atoms with van der Waals surface area (Å²) < 4.78 is 0. The van der Waals surface area contributed by atoms with Crippen LogP contribution in [0.4, 0.5) is 0 Å². The van der Waals surface area contributed by atoms with Crippen molar-refractivity contribution in [2.45, 2.75) is 42.5 Å². The van der Waals surface area contributed by atoms with Crippen LogP contribution in [0.1, 0.15) is 35.7 Å². The first-order chi connectivity index (χ1) is 11.7. The lowest BCUT2D eigenvalue weighted by molar-refractivity contribution is 0.0925. The lowest BCUT2D eigenvalue weighted by Gasteiger charge is -2.28. The molecule has 2 atom stereocenters. The number of carbonyl (C=O) groups is 1. The van der Waals surface area contributed by atoms with E-state index in [1.54, 1.807) is 0 Å². The number of thioether (sulfide) groups is 1. The van der Waals surface area contributed by atoms with Gasteiger partial charge in [0.25, 0.3) is 5.91 Å². The molecular weight excluding hydrogens is 352 g/mol. The second-order valence-electron chi connectivity index (χ2n) is 6.35. The molecule has 0 aromatic heterocycles. The van der Waals surface area contributed by atoms with Gasteiger partial charge in [-0.1, -0.05) is 30.3 Å². The van der Waals surface area contributed by atoms with Crippen LogP contribution in [0.25, 0.3) is 0 Å². The van der Waals surface area contributed by atoms with E-state index in [1.807, 2.05) is 30.0 Å². The van der Waals surface area contributed by atoms with Crippen LogP contribution in [0.3, 0.4) is 0 Å². The molecule has 1 heterocycles. The number of piperidine rings is 1. The molecule has 2 N–H and O–H groups in total. The van der Waals surface area contributed by atoms with Gasteiger partial charge in [-0.3, -0.25) is 4.79 Å². The zero-order valence-electron chi connectivity index (χ0n) is 14.4. The Balaban J connectivity index is 0.00000225. The van der Waals surface area contributed by atoms with Crippen LogP contribution in [0.15, 0.2) is 59.5 Å². The van der Waals surface area contributed by atoms with E-state index in [0.29, 0.717) is 6.04 Å². The molecule has 2 aromatic carbocycles. The topological polar surface area (TPSA) is 41.1 Å². The summed E-state index contributed by atoms with van der Waals surface area (Å²) >= 11 is 1.81. The summed E-state index contributed by atoms with van der Waals surface area (Å²) in [5.74, 6) is 0.953. The monoisotopic (exact) mass is 376 g/mol. The van der Waals surface area contributed by atoms with Crippen LogP contribution in [-0.2, 0) is 5.75 Å². The molecule has 0 saturated carbocycles. The smallest absolute Gasteiger partial charge is 0.251 e. The van der Waals surface area contributed by atoms with Crippen molar-refractivity contribution in [3.63, 3.8) is 0 Å². The van der Waals surface area contributed by atoms with Crippen LogP contribution in [0.2, 0.25) is 0 Å². The van der Waals surface area contributed by atoms with Crippen molar-refractivity contribution < 1.29 is 4.79 Å². The first-order valence-electron chi connectivity index (χ1n) is 8.52. The van der Waals surface area contributed by atoms with Crippen LogP contribution in [-0.4, -0.2) is 24.5 Å². The fourth-order valence-electron chi connectivity index (χ4n) is 2.97. The zero-order valence-corrected chi connectivity index (χ0v) is 16.0. The Morgan fingerprint density at radius 1 is 1.16 bits per heavy atom. The molecule has 1 saturated heterocycles.